The van der Waals surface area contributed by atoms with Gasteiger partial charge in [0.2, 0.25) is 0 Å². The molecule has 0 amide bonds. The Morgan fingerprint density at radius 1 is 1.04 bits per heavy atom. The molecule has 24 heavy (non-hydrogen) atoms. The molecule has 0 saturated heterocycles. The molecule has 126 valence electrons. The Bertz CT molecular complexity index is 1020. The predicted octanol–water partition coefficient (Wildman–Crippen LogP) is 5.97. The summed E-state index contributed by atoms with van der Waals surface area (Å²) in [6.07, 6.45) is 0. The van der Waals surface area contributed by atoms with Gasteiger partial charge in [-0.25, -0.2) is 17.2 Å². The third-order valence-electron chi connectivity index (χ3n) is 3.00. The molecule has 0 atom stereocenters. The van der Waals surface area contributed by atoms with Gasteiger partial charge in [-0.2, -0.15) is 0 Å². The Morgan fingerprint density at radius 3 is 2.38 bits per heavy atom. The number of hydrogen-bond acceptors (Lipinski definition) is 4. The van der Waals surface area contributed by atoms with Crippen molar-refractivity contribution in [3.63, 3.8) is 0 Å². The van der Waals surface area contributed by atoms with Crippen LogP contribution in [0.1, 0.15) is 0 Å². The van der Waals surface area contributed by atoms with Gasteiger partial charge in [-0.1, -0.05) is 11.6 Å². The molecule has 0 aliphatic rings. The van der Waals surface area contributed by atoms with Gasteiger partial charge in [-0.3, -0.25) is 4.72 Å². The number of hydrogen-bond donors (Lipinski definition) is 1. The van der Waals surface area contributed by atoms with Crippen LogP contribution >= 0.6 is 50.2 Å². The summed E-state index contributed by atoms with van der Waals surface area (Å²) in [6.45, 7) is 0. The molecule has 0 spiro atoms. The van der Waals surface area contributed by atoms with Gasteiger partial charge in [-0.05, 0) is 51.0 Å². The molecule has 2 aromatic heterocycles. The Labute approximate surface area is 158 Å². The lowest BCUT2D eigenvalue weighted by Crippen LogP contribution is -2.15. The minimum absolute atomic E-state index is 0.152. The standard InChI is InChI=1S/C14H7BrClF2NO2S3/c15-7-5-10(18)12(6-9(7)17)24(20,21)19-11-2-4-23-14(11)13-8(16)1-3-22-13/h1-6,19H. The quantitative estimate of drug-likeness (QED) is 0.477. The second-order valence-corrected chi connectivity index (χ2v) is 9.31. The second kappa shape index (κ2) is 6.72. The van der Waals surface area contributed by atoms with Crippen molar-refractivity contribution in [2.24, 2.45) is 0 Å². The molecule has 3 nitrogen and oxygen atoms in total. The van der Waals surface area contributed by atoms with E-state index in [1.54, 1.807) is 22.9 Å². The van der Waals surface area contributed by atoms with Crippen molar-refractivity contribution >= 4 is 65.9 Å². The molecule has 0 saturated carbocycles. The Morgan fingerprint density at radius 2 is 1.71 bits per heavy atom. The van der Waals surface area contributed by atoms with E-state index in [9.17, 15) is 17.2 Å². The summed E-state index contributed by atoms with van der Waals surface area (Å²) >= 11 is 11.5. The molecule has 1 N–H and O–H groups in total. The number of nitrogens with one attached hydrogen (secondary N) is 1. The minimum atomic E-state index is -4.30. The highest BCUT2D eigenvalue weighted by molar-refractivity contribution is 9.10. The average Bonchev–Trinajstić information content (AvgIpc) is 3.10. The monoisotopic (exact) mass is 469 g/mol. The zero-order chi connectivity index (χ0) is 17.5. The smallest absolute Gasteiger partial charge is 0.264 e. The molecule has 0 aliphatic carbocycles. The zero-order valence-electron chi connectivity index (χ0n) is 11.5. The van der Waals surface area contributed by atoms with Gasteiger partial charge in [0.15, 0.2) is 0 Å². The second-order valence-electron chi connectivity index (χ2n) is 4.56. The fraction of sp³-hybridized carbons (Fsp3) is 0. The van der Waals surface area contributed by atoms with E-state index in [4.69, 9.17) is 11.6 Å². The van der Waals surface area contributed by atoms with E-state index in [1.807, 2.05) is 0 Å². The van der Waals surface area contributed by atoms with E-state index in [1.165, 1.54) is 22.7 Å². The molecule has 1 aromatic carbocycles. The fourth-order valence-corrected chi connectivity index (χ4v) is 5.71. The van der Waals surface area contributed by atoms with Crippen molar-refractivity contribution < 1.29 is 17.2 Å². The fourth-order valence-electron chi connectivity index (χ4n) is 1.93. The van der Waals surface area contributed by atoms with Crippen molar-refractivity contribution in [1.82, 2.24) is 0 Å². The van der Waals surface area contributed by atoms with E-state index >= 15 is 0 Å². The zero-order valence-corrected chi connectivity index (χ0v) is 16.3. The maximum atomic E-state index is 14.0. The van der Waals surface area contributed by atoms with Gasteiger partial charge >= 0.3 is 0 Å². The highest BCUT2D eigenvalue weighted by Crippen LogP contribution is 2.42. The predicted molar refractivity (Wildman–Crippen MR) is 97.5 cm³/mol. The van der Waals surface area contributed by atoms with Crippen LogP contribution in [0.2, 0.25) is 5.02 Å². The number of sulfonamides is 1. The van der Waals surface area contributed by atoms with Gasteiger partial charge in [0.1, 0.15) is 16.5 Å². The first-order chi connectivity index (χ1) is 11.3. The van der Waals surface area contributed by atoms with Crippen LogP contribution in [0.4, 0.5) is 14.5 Å². The summed E-state index contributed by atoms with van der Waals surface area (Å²) < 4.78 is 54.6. The van der Waals surface area contributed by atoms with E-state index in [0.717, 1.165) is 6.07 Å². The van der Waals surface area contributed by atoms with E-state index < -0.39 is 26.6 Å². The van der Waals surface area contributed by atoms with Crippen LogP contribution in [0.3, 0.4) is 0 Å². The molecule has 0 aliphatic heterocycles. The molecular weight excluding hydrogens is 464 g/mol. The molecule has 2 heterocycles. The largest absolute Gasteiger partial charge is 0.278 e. The molecular formula is C14H7BrClF2NO2S3. The third-order valence-corrected chi connectivity index (χ3v) is 7.41. The highest BCUT2D eigenvalue weighted by atomic mass is 79.9. The highest BCUT2D eigenvalue weighted by Gasteiger charge is 2.24. The first-order valence-electron chi connectivity index (χ1n) is 6.28. The summed E-state index contributed by atoms with van der Waals surface area (Å²) in [5.41, 5.74) is 0.257. The van der Waals surface area contributed by atoms with Crippen LogP contribution in [0.5, 0.6) is 0 Å². The van der Waals surface area contributed by atoms with Crippen molar-refractivity contribution in [2.45, 2.75) is 4.90 Å². The molecule has 3 rings (SSSR count). The average molecular weight is 471 g/mol. The molecule has 0 unspecified atom stereocenters. The van der Waals surface area contributed by atoms with Crippen LogP contribution in [0.15, 0.2) is 44.4 Å². The maximum Gasteiger partial charge on any atom is 0.264 e. The van der Waals surface area contributed by atoms with Crippen LogP contribution in [-0.4, -0.2) is 8.42 Å². The van der Waals surface area contributed by atoms with Gasteiger partial charge in [0.05, 0.1) is 24.9 Å². The third kappa shape index (κ3) is 3.36. The lowest BCUT2D eigenvalue weighted by atomic mass is 10.3. The Hall–Kier alpha value is -1.00. The lowest BCUT2D eigenvalue weighted by molar-refractivity contribution is 0.552. The van der Waals surface area contributed by atoms with Crippen LogP contribution < -0.4 is 4.72 Å². The normalized spacial score (nSPS) is 11.7. The summed E-state index contributed by atoms with van der Waals surface area (Å²) in [5, 5.41) is 3.95. The minimum Gasteiger partial charge on any atom is -0.278 e. The summed E-state index contributed by atoms with van der Waals surface area (Å²) in [6, 6.07) is 4.64. The molecule has 0 fully saturated rings. The Balaban J connectivity index is 2.02. The molecule has 10 heteroatoms. The van der Waals surface area contributed by atoms with Gasteiger partial charge in [-0.15, -0.1) is 22.7 Å². The van der Waals surface area contributed by atoms with Crippen LogP contribution in [0, 0.1) is 11.6 Å². The van der Waals surface area contributed by atoms with Gasteiger partial charge < -0.3 is 0 Å². The van der Waals surface area contributed by atoms with Crippen molar-refractivity contribution in [1.29, 1.82) is 0 Å². The number of thiophene rings is 2. The van der Waals surface area contributed by atoms with E-state index in [2.05, 4.69) is 20.7 Å². The molecule has 0 radical (unpaired) electrons. The van der Waals surface area contributed by atoms with Crippen molar-refractivity contribution in [3.8, 4) is 9.75 Å². The van der Waals surface area contributed by atoms with Crippen LogP contribution in [-0.2, 0) is 10.0 Å². The lowest BCUT2D eigenvalue weighted by Gasteiger charge is -2.10. The van der Waals surface area contributed by atoms with Crippen molar-refractivity contribution in [3.05, 3.63) is 56.2 Å². The molecule has 3 aromatic rings. The topological polar surface area (TPSA) is 46.2 Å². The Kier molecular flexibility index (Phi) is 4.99. The van der Waals surface area contributed by atoms with Gasteiger partial charge in [0, 0.05) is 0 Å². The number of anilines is 1. The number of rotatable bonds is 4. The maximum absolute atomic E-state index is 14.0. The van der Waals surface area contributed by atoms with Gasteiger partial charge in [0.25, 0.3) is 10.0 Å². The SMILES string of the molecule is O=S(=O)(Nc1ccsc1-c1sccc1Cl)c1cc(F)c(Br)cc1F. The first-order valence-corrected chi connectivity index (χ1v) is 10.7. The first kappa shape index (κ1) is 17.8. The van der Waals surface area contributed by atoms with E-state index in [0.29, 0.717) is 20.8 Å². The number of benzene rings is 1. The summed E-state index contributed by atoms with van der Waals surface area (Å²) in [5.74, 6) is -1.93. The molecule has 0 bridgehead atoms. The van der Waals surface area contributed by atoms with E-state index in [-0.39, 0.29) is 10.2 Å². The van der Waals surface area contributed by atoms with Crippen molar-refractivity contribution in [2.75, 3.05) is 4.72 Å². The summed E-state index contributed by atoms with van der Waals surface area (Å²) in [4.78, 5) is 0.543. The van der Waals surface area contributed by atoms with Crippen LogP contribution in [0.25, 0.3) is 9.75 Å². The number of halogens is 4. The summed E-state index contributed by atoms with van der Waals surface area (Å²) in [7, 11) is -4.30.